The summed E-state index contributed by atoms with van der Waals surface area (Å²) in [6.07, 6.45) is -2.88. The number of amides is 2. The average Bonchev–Trinajstić information content (AvgIpc) is 3.07. The first kappa shape index (κ1) is 21.2. The van der Waals surface area contributed by atoms with E-state index in [2.05, 4.69) is 0 Å². The zero-order valence-corrected chi connectivity index (χ0v) is 17.1. The molecule has 0 atom stereocenters. The van der Waals surface area contributed by atoms with Crippen molar-refractivity contribution in [2.75, 3.05) is 13.1 Å². The van der Waals surface area contributed by atoms with E-state index in [0.29, 0.717) is 18.8 Å². The van der Waals surface area contributed by atoms with E-state index in [0.717, 1.165) is 41.6 Å². The number of rotatable bonds is 2. The second-order valence-electron chi connectivity index (χ2n) is 6.96. The van der Waals surface area contributed by atoms with Crippen LogP contribution in [-0.2, 0) is 6.18 Å². The third-order valence-corrected chi connectivity index (χ3v) is 5.25. The molecule has 0 radical (unpaired) electrons. The number of hydrogen-bond donors (Lipinski definition) is 1. The van der Waals surface area contributed by atoms with Gasteiger partial charge in [0.25, 0.3) is 0 Å². The Balaban J connectivity index is 0.00000240. The Kier molecular flexibility index (Phi) is 5.88. The number of urea groups is 1. The van der Waals surface area contributed by atoms with Crippen molar-refractivity contribution in [3.8, 4) is 5.69 Å². The summed E-state index contributed by atoms with van der Waals surface area (Å²) in [6.45, 7) is 1.14. The van der Waals surface area contributed by atoms with Crippen LogP contribution in [0.15, 0.2) is 48.5 Å². The van der Waals surface area contributed by atoms with Crippen LogP contribution in [0.1, 0.15) is 30.0 Å². The van der Waals surface area contributed by atoms with Gasteiger partial charge in [0.2, 0.25) is 0 Å². The third-order valence-electron chi connectivity index (χ3n) is 5.25. The van der Waals surface area contributed by atoms with E-state index in [1.165, 1.54) is 12.1 Å². The number of alkyl halides is 3. The normalized spacial score (nSPS) is 15.3. The summed E-state index contributed by atoms with van der Waals surface area (Å²) in [5, 5.41) is 5.72. The number of halogens is 4. The fraction of sp³-hybridized carbons (Fsp3) is 0.300. The van der Waals surface area contributed by atoms with E-state index in [1.54, 1.807) is 9.58 Å². The number of piperidine rings is 1. The quantitative estimate of drug-likeness (QED) is 0.582. The van der Waals surface area contributed by atoms with Gasteiger partial charge in [0.1, 0.15) is 0 Å². The predicted molar refractivity (Wildman–Crippen MR) is 110 cm³/mol. The minimum absolute atomic E-state index is 0. The maximum atomic E-state index is 12.9. The van der Waals surface area contributed by atoms with Crippen LogP contribution in [0, 0.1) is 0 Å². The molecule has 1 aliphatic heterocycles. The monoisotopic (exact) mass is 468 g/mol. The smallest absolute Gasteiger partial charge is 0.351 e. The third kappa shape index (κ3) is 4.10. The van der Waals surface area contributed by atoms with Crippen LogP contribution >= 0.6 is 17.0 Å². The molecule has 0 bridgehead atoms. The highest BCUT2D eigenvalue weighted by molar-refractivity contribution is 8.93. The molecule has 2 N–H and O–H groups in total. The van der Waals surface area contributed by atoms with Crippen LogP contribution < -0.4 is 5.73 Å². The number of aromatic nitrogens is 2. The van der Waals surface area contributed by atoms with Gasteiger partial charge in [0.05, 0.1) is 22.5 Å². The Morgan fingerprint density at radius 2 is 1.66 bits per heavy atom. The molecule has 0 saturated carbocycles. The molecule has 4 rings (SSSR count). The minimum atomic E-state index is -4.37. The summed E-state index contributed by atoms with van der Waals surface area (Å²) in [6, 6.07) is 12.3. The number of likely N-dealkylation sites (tertiary alicyclic amines) is 1. The number of hydrogen-bond acceptors (Lipinski definition) is 2. The lowest BCUT2D eigenvalue weighted by Gasteiger charge is -2.30. The first-order valence-electron chi connectivity index (χ1n) is 9.04. The highest BCUT2D eigenvalue weighted by Gasteiger charge is 2.30. The van der Waals surface area contributed by atoms with Crippen LogP contribution in [0.4, 0.5) is 18.0 Å². The minimum Gasteiger partial charge on any atom is -0.351 e. The van der Waals surface area contributed by atoms with Crippen LogP contribution in [0.5, 0.6) is 0 Å². The lowest BCUT2D eigenvalue weighted by molar-refractivity contribution is -0.137. The Bertz CT molecular complexity index is 1010. The molecule has 2 heterocycles. The fourth-order valence-electron chi connectivity index (χ4n) is 3.75. The van der Waals surface area contributed by atoms with Gasteiger partial charge in [-0.1, -0.05) is 18.2 Å². The van der Waals surface area contributed by atoms with Gasteiger partial charge < -0.3 is 10.6 Å². The number of nitrogens with two attached hydrogens (primary N) is 1. The zero-order chi connectivity index (χ0) is 19.9. The number of carbonyl (C=O) groups excluding carboxylic acids is 1. The molecule has 1 fully saturated rings. The van der Waals surface area contributed by atoms with E-state index in [9.17, 15) is 18.0 Å². The number of carbonyl (C=O) groups is 1. The fourth-order valence-corrected chi connectivity index (χ4v) is 3.75. The van der Waals surface area contributed by atoms with Crippen molar-refractivity contribution in [3.63, 3.8) is 0 Å². The lowest BCUT2D eigenvalue weighted by Crippen LogP contribution is -2.41. The molecule has 9 heteroatoms. The van der Waals surface area contributed by atoms with Crippen molar-refractivity contribution in [2.45, 2.75) is 24.9 Å². The van der Waals surface area contributed by atoms with Crippen molar-refractivity contribution < 1.29 is 18.0 Å². The molecule has 1 aromatic heterocycles. The van der Waals surface area contributed by atoms with Gasteiger partial charge in [-0.15, -0.1) is 17.0 Å². The van der Waals surface area contributed by atoms with Gasteiger partial charge >= 0.3 is 12.2 Å². The second kappa shape index (κ2) is 8.06. The maximum absolute atomic E-state index is 12.9. The molecule has 29 heavy (non-hydrogen) atoms. The van der Waals surface area contributed by atoms with Gasteiger partial charge in [0, 0.05) is 24.4 Å². The molecule has 3 aromatic rings. The first-order chi connectivity index (χ1) is 13.3. The zero-order valence-electron chi connectivity index (χ0n) is 15.4. The molecule has 1 aliphatic rings. The van der Waals surface area contributed by atoms with Crippen molar-refractivity contribution in [1.29, 1.82) is 0 Å². The number of nitrogens with zero attached hydrogens (tertiary/aromatic N) is 3. The summed E-state index contributed by atoms with van der Waals surface area (Å²) in [4.78, 5) is 13.0. The van der Waals surface area contributed by atoms with Crippen LogP contribution in [0.25, 0.3) is 16.6 Å². The van der Waals surface area contributed by atoms with Crippen molar-refractivity contribution >= 4 is 33.9 Å². The summed E-state index contributed by atoms with van der Waals surface area (Å²) in [5.74, 6) is 0.163. The van der Waals surface area contributed by atoms with Crippen molar-refractivity contribution in [1.82, 2.24) is 14.7 Å². The molecule has 2 amide bonds. The summed E-state index contributed by atoms with van der Waals surface area (Å²) < 4.78 is 40.2. The first-order valence-corrected chi connectivity index (χ1v) is 9.04. The number of primary amides is 1. The lowest BCUT2D eigenvalue weighted by atomic mass is 9.92. The highest BCUT2D eigenvalue weighted by Crippen LogP contribution is 2.34. The van der Waals surface area contributed by atoms with Crippen LogP contribution in [-0.4, -0.2) is 33.8 Å². The molecule has 5 nitrogen and oxygen atoms in total. The average molecular weight is 469 g/mol. The maximum Gasteiger partial charge on any atom is 0.416 e. The largest absolute Gasteiger partial charge is 0.416 e. The number of benzene rings is 2. The SMILES string of the molecule is Br.NC(=O)N1CCC(c2nn(-c3ccc(C(F)(F)F)cc3)c3ccccc23)CC1. The Morgan fingerprint density at radius 1 is 1.03 bits per heavy atom. The Morgan fingerprint density at radius 3 is 2.24 bits per heavy atom. The molecule has 1 saturated heterocycles. The molecule has 0 unspecified atom stereocenters. The van der Waals surface area contributed by atoms with Gasteiger partial charge in [-0.3, -0.25) is 0 Å². The Labute approximate surface area is 176 Å². The molecular formula is C20H20BrF3N4O. The summed E-state index contributed by atoms with van der Waals surface area (Å²) in [7, 11) is 0. The standard InChI is InChI=1S/C20H19F3N4O.BrH/c21-20(22,23)14-5-7-15(8-6-14)27-17-4-2-1-3-16(17)18(25-27)13-9-11-26(12-10-13)19(24)28;/h1-8,13H,9-12H2,(H2,24,28);1H. The van der Waals surface area contributed by atoms with E-state index in [4.69, 9.17) is 10.8 Å². The Hall–Kier alpha value is -2.55. The van der Waals surface area contributed by atoms with E-state index >= 15 is 0 Å². The van der Waals surface area contributed by atoms with Gasteiger partial charge in [-0.05, 0) is 43.2 Å². The van der Waals surface area contributed by atoms with Gasteiger partial charge in [0.15, 0.2) is 0 Å². The summed E-state index contributed by atoms with van der Waals surface area (Å²) in [5.41, 5.74) is 6.98. The van der Waals surface area contributed by atoms with Crippen molar-refractivity contribution in [3.05, 3.63) is 59.8 Å². The highest BCUT2D eigenvalue weighted by atomic mass is 79.9. The van der Waals surface area contributed by atoms with E-state index < -0.39 is 17.8 Å². The van der Waals surface area contributed by atoms with Crippen LogP contribution in [0.3, 0.4) is 0 Å². The van der Waals surface area contributed by atoms with Gasteiger partial charge in [-0.2, -0.15) is 18.3 Å². The summed E-state index contributed by atoms with van der Waals surface area (Å²) >= 11 is 0. The van der Waals surface area contributed by atoms with E-state index in [-0.39, 0.29) is 22.9 Å². The van der Waals surface area contributed by atoms with E-state index in [1.807, 2.05) is 24.3 Å². The number of fused-ring (bicyclic) bond motifs is 1. The molecule has 2 aromatic carbocycles. The molecular weight excluding hydrogens is 449 g/mol. The van der Waals surface area contributed by atoms with Crippen LogP contribution in [0.2, 0.25) is 0 Å². The molecule has 154 valence electrons. The van der Waals surface area contributed by atoms with Crippen molar-refractivity contribution in [2.24, 2.45) is 5.73 Å². The number of para-hydroxylation sites is 1. The second-order valence-corrected chi connectivity index (χ2v) is 6.96. The molecule has 0 spiro atoms. The topological polar surface area (TPSA) is 64.2 Å². The van der Waals surface area contributed by atoms with Gasteiger partial charge in [-0.25, -0.2) is 9.48 Å². The molecule has 0 aliphatic carbocycles. The predicted octanol–water partition coefficient (Wildman–Crippen LogP) is 4.88.